The van der Waals surface area contributed by atoms with Crippen molar-refractivity contribution >= 4 is 26.0 Å². The number of rotatable bonds is 2. The lowest BCUT2D eigenvalue weighted by Gasteiger charge is -2.08. The molecule has 0 spiro atoms. The number of hydrogen-bond acceptors (Lipinski definition) is 4. The molecule has 0 aliphatic rings. The molecule has 0 unspecified atom stereocenters. The predicted molar refractivity (Wildman–Crippen MR) is 53.0 cm³/mol. The molecule has 86 valence electrons. The van der Waals surface area contributed by atoms with Crippen molar-refractivity contribution in [3.8, 4) is 6.07 Å². The van der Waals surface area contributed by atoms with Crippen molar-refractivity contribution in [1.29, 1.82) is 5.26 Å². The Hall–Kier alpha value is -1.11. The highest BCUT2D eigenvalue weighted by Crippen LogP contribution is 2.33. The largest absolute Gasteiger partial charge is 0.267 e. The van der Waals surface area contributed by atoms with Crippen LogP contribution in [-0.2, 0) is 10.0 Å². The number of nitrogens with two attached hydrogens (primary N) is 1. The van der Waals surface area contributed by atoms with Crippen molar-refractivity contribution in [1.82, 2.24) is 4.98 Å². The van der Waals surface area contributed by atoms with Crippen LogP contribution in [0, 0.1) is 11.3 Å². The second-order valence-corrected chi connectivity index (χ2v) is 4.98. The Balaban J connectivity index is 3.65. The Morgan fingerprint density at radius 3 is 2.50 bits per heavy atom. The van der Waals surface area contributed by atoms with Gasteiger partial charge in [0.25, 0.3) is 6.43 Å². The summed E-state index contributed by atoms with van der Waals surface area (Å²) in [5.41, 5.74) is -1.33. The first-order chi connectivity index (χ1) is 7.29. The lowest BCUT2D eigenvalue weighted by Crippen LogP contribution is -2.15. The van der Waals surface area contributed by atoms with Crippen LogP contribution in [0.15, 0.2) is 15.6 Å². The van der Waals surface area contributed by atoms with Gasteiger partial charge in [-0.05, 0) is 15.9 Å². The van der Waals surface area contributed by atoms with Crippen LogP contribution in [0.2, 0.25) is 0 Å². The van der Waals surface area contributed by atoms with Gasteiger partial charge in [0.2, 0.25) is 10.0 Å². The Bertz CT molecular complexity index is 568. The summed E-state index contributed by atoms with van der Waals surface area (Å²) >= 11 is 2.68. The van der Waals surface area contributed by atoms with Gasteiger partial charge in [0.1, 0.15) is 11.0 Å². The molecular formula is C7H4BrF2N3O2S. The molecule has 0 atom stereocenters. The molecule has 0 fully saturated rings. The van der Waals surface area contributed by atoms with E-state index >= 15 is 0 Å². The molecule has 1 rings (SSSR count). The van der Waals surface area contributed by atoms with Crippen LogP contribution in [0.4, 0.5) is 8.78 Å². The monoisotopic (exact) mass is 311 g/mol. The topological polar surface area (TPSA) is 96.8 Å². The number of aromatic nitrogens is 1. The van der Waals surface area contributed by atoms with Crippen LogP contribution in [-0.4, -0.2) is 13.4 Å². The van der Waals surface area contributed by atoms with Gasteiger partial charge in [-0.15, -0.1) is 0 Å². The van der Waals surface area contributed by atoms with Crippen molar-refractivity contribution < 1.29 is 17.2 Å². The van der Waals surface area contributed by atoms with Gasteiger partial charge >= 0.3 is 0 Å². The van der Waals surface area contributed by atoms with Crippen LogP contribution >= 0.6 is 15.9 Å². The fourth-order valence-corrected chi connectivity index (χ4v) is 2.67. The fraction of sp³-hybridized carbons (Fsp3) is 0.143. The molecule has 2 N–H and O–H groups in total. The molecule has 1 aromatic rings. The van der Waals surface area contributed by atoms with Gasteiger partial charge in [-0.3, -0.25) is 0 Å². The number of halogens is 3. The van der Waals surface area contributed by atoms with E-state index in [2.05, 4.69) is 20.9 Å². The summed E-state index contributed by atoms with van der Waals surface area (Å²) in [6, 6.07) is 1.44. The maximum Gasteiger partial charge on any atom is 0.267 e. The van der Waals surface area contributed by atoms with E-state index in [0.717, 1.165) is 6.20 Å². The third kappa shape index (κ3) is 2.34. The number of primary sulfonamides is 1. The summed E-state index contributed by atoms with van der Waals surface area (Å²) in [7, 11) is -4.17. The molecule has 0 radical (unpaired) electrons. The number of hydrogen-bond donors (Lipinski definition) is 1. The maximum atomic E-state index is 12.6. The van der Waals surface area contributed by atoms with Crippen LogP contribution in [0.3, 0.4) is 0 Å². The maximum absolute atomic E-state index is 12.6. The Kier molecular flexibility index (Phi) is 3.57. The van der Waals surface area contributed by atoms with E-state index in [4.69, 9.17) is 10.4 Å². The van der Waals surface area contributed by atoms with E-state index < -0.39 is 37.1 Å². The third-order valence-corrected chi connectivity index (χ3v) is 3.69. The summed E-state index contributed by atoms with van der Waals surface area (Å²) in [5, 5.41) is 13.3. The highest BCUT2D eigenvalue weighted by atomic mass is 79.9. The van der Waals surface area contributed by atoms with Gasteiger partial charge in [-0.25, -0.2) is 27.3 Å². The predicted octanol–water partition coefficient (Wildman–Crippen LogP) is 1.30. The lowest BCUT2D eigenvalue weighted by atomic mass is 10.2. The molecule has 9 heteroatoms. The van der Waals surface area contributed by atoms with Crippen LogP contribution in [0.25, 0.3) is 0 Å². The zero-order chi connectivity index (χ0) is 12.5. The normalized spacial score (nSPS) is 11.5. The molecule has 16 heavy (non-hydrogen) atoms. The van der Waals surface area contributed by atoms with Crippen LogP contribution in [0.5, 0.6) is 0 Å². The first-order valence-corrected chi connectivity index (χ1v) is 6.02. The number of sulfonamides is 1. The second-order valence-electron chi connectivity index (χ2n) is 2.66. The number of nitrogens with zero attached hydrogens (tertiary/aromatic N) is 2. The molecule has 0 bridgehead atoms. The minimum atomic E-state index is -4.17. The van der Waals surface area contributed by atoms with Gasteiger partial charge < -0.3 is 0 Å². The zero-order valence-corrected chi connectivity index (χ0v) is 9.89. The van der Waals surface area contributed by atoms with Gasteiger partial charge in [0.15, 0.2) is 5.69 Å². The molecule has 0 aromatic carbocycles. The van der Waals surface area contributed by atoms with Crippen molar-refractivity contribution in [3.63, 3.8) is 0 Å². The quantitative estimate of drug-likeness (QED) is 0.890. The molecule has 1 aromatic heterocycles. The van der Waals surface area contributed by atoms with Crippen LogP contribution in [0.1, 0.15) is 17.7 Å². The van der Waals surface area contributed by atoms with E-state index in [1.165, 1.54) is 6.07 Å². The molecule has 0 aliphatic carbocycles. The summed E-state index contributed by atoms with van der Waals surface area (Å²) < 4.78 is 46.8. The van der Waals surface area contributed by atoms with Crippen molar-refractivity contribution in [2.45, 2.75) is 11.3 Å². The van der Waals surface area contributed by atoms with E-state index in [9.17, 15) is 17.2 Å². The van der Waals surface area contributed by atoms with Crippen molar-refractivity contribution in [3.05, 3.63) is 21.9 Å². The summed E-state index contributed by atoms with van der Waals surface area (Å²) in [6.07, 6.45) is -2.28. The molecule has 0 amide bonds. The smallest absolute Gasteiger partial charge is 0.244 e. The zero-order valence-electron chi connectivity index (χ0n) is 7.49. The number of pyridine rings is 1. The summed E-state index contributed by atoms with van der Waals surface area (Å²) in [4.78, 5) is 2.73. The van der Waals surface area contributed by atoms with E-state index in [1.807, 2.05) is 0 Å². The van der Waals surface area contributed by atoms with E-state index in [1.54, 1.807) is 0 Å². The lowest BCUT2D eigenvalue weighted by molar-refractivity contribution is 0.149. The van der Waals surface area contributed by atoms with Gasteiger partial charge in [-0.1, -0.05) is 0 Å². The average molecular weight is 312 g/mol. The van der Waals surface area contributed by atoms with Crippen molar-refractivity contribution in [2.24, 2.45) is 5.14 Å². The number of alkyl halides is 2. The third-order valence-electron chi connectivity index (χ3n) is 1.65. The molecular weight excluding hydrogens is 308 g/mol. The second kappa shape index (κ2) is 4.40. The highest BCUT2D eigenvalue weighted by Gasteiger charge is 2.24. The standard InChI is InChI=1S/C7H4BrF2N3O2S/c8-6-4(16(12,14)15)2-13-3(1-11)5(6)7(9)10/h2,7H,(H2,12,14,15). The van der Waals surface area contributed by atoms with Gasteiger partial charge in [-0.2, -0.15) is 5.26 Å². The summed E-state index contributed by atoms with van der Waals surface area (Å²) in [6.45, 7) is 0. The average Bonchev–Trinajstić information content (AvgIpc) is 2.14. The van der Waals surface area contributed by atoms with Gasteiger partial charge in [0, 0.05) is 6.20 Å². The first kappa shape index (κ1) is 13.0. The van der Waals surface area contributed by atoms with E-state index in [-0.39, 0.29) is 0 Å². The minimum absolute atomic E-state index is 0.434. The Morgan fingerprint density at radius 1 is 1.56 bits per heavy atom. The Labute approximate surface area is 98.1 Å². The van der Waals surface area contributed by atoms with Gasteiger partial charge in [0.05, 0.1) is 10.0 Å². The van der Waals surface area contributed by atoms with E-state index in [0.29, 0.717) is 0 Å². The first-order valence-electron chi connectivity index (χ1n) is 3.68. The van der Waals surface area contributed by atoms with Crippen molar-refractivity contribution in [2.75, 3.05) is 0 Å². The fourth-order valence-electron chi connectivity index (χ4n) is 0.973. The van der Waals surface area contributed by atoms with Crippen LogP contribution < -0.4 is 5.14 Å². The highest BCUT2D eigenvalue weighted by molar-refractivity contribution is 9.10. The number of nitriles is 1. The molecule has 0 saturated heterocycles. The molecule has 0 saturated carbocycles. The Morgan fingerprint density at radius 2 is 2.12 bits per heavy atom. The SMILES string of the molecule is N#Cc1ncc(S(N)(=O)=O)c(Br)c1C(F)F. The minimum Gasteiger partial charge on any atom is -0.244 e. The molecule has 5 nitrogen and oxygen atoms in total. The molecule has 0 aliphatic heterocycles. The summed E-state index contributed by atoms with van der Waals surface area (Å²) in [5.74, 6) is 0. The molecule has 1 heterocycles.